The van der Waals surface area contributed by atoms with Gasteiger partial charge in [-0.05, 0) is 13.3 Å². The number of ketones is 1. The molecule has 4 nitrogen and oxygen atoms in total. The Morgan fingerprint density at radius 1 is 1.29 bits per heavy atom. The molecule has 0 saturated carbocycles. The quantitative estimate of drug-likeness (QED) is 0.713. The number of hydrogen-bond acceptors (Lipinski definition) is 3. The van der Waals surface area contributed by atoms with Crippen molar-refractivity contribution in [2.75, 3.05) is 19.6 Å². The normalized spacial score (nSPS) is 20.4. The standard InChI is InChI=1S/C13H24N2O2/c1-3-4-5-6-7-13(17)15-9-8-14-10-12(15)11(2)16/h12,14H,3-10H2,1-2H3/t12-/m0/s1. The van der Waals surface area contributed by atoms with E-state index in [-0.39, 0.29) is 17.7 Å². The Balaban J connectivity index is 2.39. The molecular weight excluding hydrogens is 216 g/mol. The molecule has 1 heterocycles. The minimum absolute atomic E-state index is 0.0825. The Hall–Kier alpha value is -0.900. The zero-order chi connectivity index (χ0) is 12.7. The van der Waals surface area contributed by atoms with Crippen molar-refractivity contribution >= 4 is 11.7 Å². The van der Waals surface area contributed by atoms with Crippen molar-refractivity contribution in [3.63, 3.8) is 0 Å². The summed E-state index contributed by atoms with van der Waals surface area (Å²) in [4.78, 5) is 25.2. The van der Waals surface area contributed by atoms with E-state index in [1.165, 1.54) is 12.8 Å². The Morgan fingerprint density at radius 2 is 2.06 bits per heavy atom. The third-order valence-electron chi connectivity index (χ3n) is 3.28. The lowest BCUT2D eigenvalue weighted by atomic mass is 10.1. The van der Waals surface area contributed by atoms with Gasteiger partial charge in [0.2, 0.25) is 5.91 Å². The van der Waals surface area contributed by atoms with Crippen LogP contribution in [0.15, 0.2) is 0 Å². The van der Waals surface area contributed by atoms with Crippen molar-refractivity contribution in [3.8, 4) is 0 Å². The lowest BCUT2D eigenvalue weighted by Crippen LogP contribution is -2.56. The van der Waals surface area contributed by atoms with Crippen LogP contribution in [0.1, 0.15) is 46.0 Å². The van der Waals surface area contributed by atoms with Crippen LogP contribution in [0.3, 0.4) is 0 Å². The van der Waals surface area contributed by atoms with Crippen molar-refractivity contribution in [1.29, 1.82) is 0 Å². The van der Waals surface area contributed by atoms with E-state index in [0.717, 1.165) is 19.4 Å². The molecule has 0 radical (unpaired) electrons. The first-order valence-corrected chi connectivity index (χ1v) is 6.67. The van der Waals surface area contributed by atoms with Crippen molar-refractivity contribution in [2.45, 2.75) is 52.0 Å². The van der Waals surface area contributed by atoms with Crippen molar-refractivity contribution in [1.82, 2.24) is 10.2 Å². The third kappa shape index (κ3) is 4.46. The number of carbonyl (C=O) groups is 2. The molecule has 0 aromatic heterocycles. The zero-order valence-corrected chi connectivity index (χ0v) is 11.0. The van der Waals surface area contributed by atoms with E-state index in [0.29, 0.717) is 19.5 Å². The first-order chi connectivity index (χ1) is 8.16. The molecule has 1 aliphatic heterocycles. The molecule has 17 heavy (non-hydrogen) atoms. The number of nitrogens with zero attached hydrogens (tertiary/aromatic N) is 1. The van der Waals surface area contributed by atoms with E-state index < -0.39 is 0 Å². The summed E-state index contributed by atoms with van der Waals surface area (Å²) in [6, 6.07) is -0.248. The first-order valence-electron chi connectivity index (χ1n) is 6.67. The Kier molecular flexibility index (Phi) is 6.19. The predicted octanol–water partition coefficient (Wildman–Crippen LogP) is 1.35. The van der Waals surface area contributed by atoms with Crippen molar-refractivity contribution in [3.05, 3.63) is 0 Å². The van der Waals surface area contributed by atoms with Gasteiger partial charge in [-0.2, -0.15) is 0 Å². The van der Waals surface area contributed by atoms with Gasteiger partial charge in [0.05, 0.1) is 0 Å². The monoisotopic (exact) mass is 240 g/mol. The maximum Gasteiger partial charge on any atom is 0.223 e. The van der Waals surface area contributed by atoms with Gasteiger partial charge in [-0.25, -0.2) is 0 Å². The second-order valence-electron chi connectivity index (χ2n) is 4.73. The summed E-state index contributed by atoms with van der Waals surface area (Å²) >= 11 is 0. The molecule has 4 heteroatoms. The molecule has 1 aliphatic rings. The highest BCUT2D eigenvalue weighted by Crippen LogP contribution is 2.10. The van der Waals surface area contributed by atoms with E-state index in [1.807, 2.05) is 0 Å². The number of hydrogen-bond donors (Lipinski definition) is 1. The summed E-state index contributed by atoms with van der Waals surface area (Å²) in [7, 11) is 0. The second-order valence-corrected chi connectivity index (χ2v) is 4.73. The minimum atomic E-state index is -0.248. The molecule has 0 spiro atoms. The molecular formula is C13H24N2O2. The van der Waals surface area contributed by atoms with Crippen LogP contribution in [0.5, 0.6) is 0 Å². The lowest BCUT2D eigenvalue weighted by molar-refractivity contribution is -0.140. The molecule has 98 valence electrons. The molecule has 1 N–H and O–H groups in total. The second kappa shape index (κ2) is 7.43. The van der Waals surface area contributed by atoms with E-state index in [1.54, 1.807) is 11.8 Å². The predicted molar refractivity (Wildman–Crippen MR) is 67.8 cm³/mol. The van der Waals surface area contributed by atoms with Crippen molar-refractivity contribution < 1.29 is 9.59 Å². The molecule has 0 aromatic rings. The molecule has 1 atom stereocenters. The van der Waals surface area contributed by atoms with Gasteiger partial charge in [-0.1, -0.05) is 26.2 Å². The smallest absolute Gasteiger partial charge is 0.223 e. The maximum absolute atomic E-state index is 12.0. The molecule has 0 unspecified atom stereocenters. The number of amides is 1. The zero-order valence-electron chi connectivity index (χ0n) is 11.0. The number of unbranched alkanes of at least 4 members (excludes halogenated alkanes) is 3. The maximum atomic E-state index is 12.0. The number of carbonyl (C=O) groups excluding carboxylic acids is 2. The Morgan fingerprint density at radius 3 is 2.71 bits per heavy atom. The summed E-state index contributed by atoms with van der Waals surface area (Å²) in [5.41, 5.74) is 0. The molecule has 1 fully saturated rings. The summed E-state index contributed by atoms with van der Waals surface area (Å²) in [5.74, 6) is 0.224. The summed E-state index contributed by atoms with van der Waals surface area (Å²) in [6.07, 6.45) is 5.01. The highest BCUT2D eigenvalue weighted by atomic mass is 16.2. The highest BCUT2D eigenvalue weighted by molar-refractivity contribution is 5.88. The van der Waals surface area contributed by atoms with Gasteiger partial charge < -0.3 is 10.2 Å². The third-order valence-corrected chi connectivity index (χ3v) is 3.28. The molecule has 1 amide bonds. The number of Topliss-reactive ketones (excluding diaryl/α,β-unsaturated/α-hetero) is 1. The Labute approximate surface area is 104 Å². The van der Waals surface area contributed by atoms with Crippen LogP contribution in [0.2, 0.25) is 0 Å². The van der Waals surface area contributed by atoms with Gasteiger partial charge in [-0.15, -0.1) is 0 Å². The number of nitrogens with one attached hydrogen (secondary N) is 1. The van der Waals surface area contributed by atoms with Crippen LogP contribution in [0, 0.1) is 0 Å². The molecule has 0 aromatic carbocycles. The fourth-order valence-corrected chi connectivity index (χ4v) is 2.21. The van der Waals surface area contributed by atoms with E-state index in [4.69, 9.17) is 0 Å². The molecule has 1 saturated heterocycles. The average Bonchev–Trinajstić information content (AvgIpc) is 2.34. The number of rotatable bonds is 6. The van der Waals surface area contributed by atoms with Gasteiger partial charge in [0.25, 0.3) is 0 Å². The molecule has 1 rings (SSSR count). The van der Waals surface area contributed by atoms with Gasteiger partial charge in [0.1, 0.15) is 6.04 Å². The first kappa shape index (κ1) is 14.2. The van der Waals surface area contributed by atoms with Crippen LogP contribution in [-0.2, 0) is 9.59 Å². The van der Waals surface area contributed by atoms with Gasteiger partial charge in [0, 0.05) is 26.1 Å². The van der Waals surface area contributed by atoms with Crippen molar-refractivity contribution in [2.24, 2.45) is 0 Å². The molecule has 0 bridgehead atoms. The van der Waals surface area contributed by atoms with Gasteiger partial charge in [-0.3, -0.25) is 9.59 Å². The van der Waals surface area contributed by atoms with E-state index in [9.17, 15) is 9.59 Å². The topological polar surface area (TPSA) is 49.4 Å². The fourth-order valence-electron chi connectivity index (χ4n) is 2.21. The fraction of sp³-hybridized carbons (Fsp3) is 0.846. The minimum Gasteiger partial charge on any atom is -0.330 e. The lowest BCUT2D eigenvalue weighted by Gasteiger charge is -2.34. The summed E-state index contributed by atoms with van der Waals surface area (Å²) in [5, 5.41) is 3.16. The SMILES string of the molecule is CCCCCCC(=O)N1CCNC[C@H]1C(C)=O. The van der Waals surface area contributed by atoms with E-state index >= 15 is 0 Å². The summed E-state index contributed by atoms with van der Waals surface area (Å²) < 4.78 is 0. The van der Waals surface area contributed by atoms with Gasteiger partial charge in [0.15, 0.2) is 5.78 Å². The number of piperazine rings is 1. The van der Waals surface area contributed by atoms with Crippen LogP contribution >= 0.6 is 0 Å². The van der Waals surface area contributed by atoms with E-state index in [2.05, 4.69) is 12.2 Å². The highest BCUT2D eigenvalue weighted by Gasteiger charge is 2.28. The largest absolute Gasteiger partial charge is 0.330 e. The molecule has 0 aliphatic carbocycles. The van der Waals surface area contributed by atoms with Crippen LogP contribution < -0.4 is 5.32 Å². The van der Waals surface area contributed by atoms with Crippen LogP contribution in [0.25, 0.3) is 0 Å². The Bertz CT molecular complexity index is 266. The average molecular weight is 240 g/mol. The van der Waals surface area contributed by atoms with Gasteiger partial charge >= 0.3 is 0 Å². The van der Waals surface area contributed by atoms with Crippen LogP contribution in [0.4, 0.5) is 0 Å². The summed E-state index contributed by atoms with van der Waals surface area (Å²) in [6.45, 7) is 5.79. The van der Waals surface area contributed by atoms with Crippen LogP contribution in [-0.4, -0.2) is 42.3 Å².